The van der Waals surface area contributed by atoms with E-state index in [1.54, 1.807) is 0 Å². The molecule has 0 heterocycles. The van der Waals surface area contributed by atoms with Gasteiger partial charge in [0.1, 0.15) is 0 Å². The van der Waals surface area contributed by atoms with Crippen LogP contribution in [0.3, 0.4) is 0 Å². The van der Waals surface area contributed by atoms with E-state index in [4.69, 9.17) is 24.9 Å². The summed E-state index contributed by atoms with van der Waals surface area (Å²) >= 11 is 0. The zero-order chi connectivity index (χ0) is 22.5. The molecule has 0 unspecified atom stereocenters. The Morgan fingerprint density at radius 1 is 0.484 bits per heavy atom. The summed E-state index contributed by atoms with van der Waals surface area (Å²) in [6.07, 6.45) is 19.4. The normalized spacial score (nSPS) is 11.4. The SMILES string of the molecule is CCCCCCCCCCCCCCCCNOCCOCCOCCOCCON. The minimum Gasteiger partial charge on any atom is -0.377 e. The fourth-order valence-electron chi connectivity index (χ4n) is 3.29. The maximum absolute atomic E-state index is 5.44. The van der Waals surface area contributed by atoms with Gasteiger partial charge in [0.2, 0.25) is 0 Å². The van der Waals surface area contributed by atoms with E-state index in [0.29, 0.717) is 52.9 Å². The lowest BCUT2D eigenvalue weighted by Gasteiger charge is -2.08. The Morgan fingerprint density at radius 3 is 1.32 bits per heavy atom. The van der Waals surface area contributed by atoms with E-state index in [1.165, 1.54) is 89.9 Å². The van der Waals surface area contributed by atoms with Crippen molar-refractivity contribution < 1.29 is 23.9 Å². The van der Waals surface area contributed by atoms with Crippen LogP contribution < -0.4 is 11.4 Å². The summed E-state index contributed by atoms with van der Waals surface area (Å²) in [6, 6.07) is 0. The van der Waals surface area contributed by atoms with Gasteiger partial charge in [-0.1, -0.05) is 90.4 Å². The van der Waals surface area contributed by atoms with Gasteiger partial charge in [0, 0.05) is 6.54 Å². The highest BCUT2D eigenvalue weighted by Crippen LogP contribution is 2.12. The molecule has 0 rings (SSSR count). The molecule has 0 aliphatic heterocycles. The van der Waals surface area contributed by atoms with Crippen LogP contribution in [0.15, 0.2) is 0 Å². The smallest absolute Gasteiger partial charge is 0.0916 e. The van der Waals surface area contributed by atoms with Crippen LogP contribution >= 0.6 is 0 Å². The highest BCUT2D eigenvalue weighted by atomic mass is 16.7. The summed E-state index contributed by atoms with van der Waals surface area (Å²) < 4.78 is 16.0. The second-order valence-electron chi connectivity index (χ2n) is 8.05. The molecule has 0 spiro atoms. The lowest BCUT2D eigenvalue weighted by atomic mass is 10.0. The summed E-state index contributed by atoms with van der Waals surface area (Å²) in [5.74, 6) is 4.89. The standard InChI is InChI=1S/C24H52N2O5/c1-2-3-4-5-6-7-8-9-10-11-12-13-14-15-16-26-31-24-22-29-20-18-27-17-19-28-21-23-30-25/h26H,2-25H2,1H3. The Kier molecular flexibility index (Phi) is 29.5. The van der Waals surface area contributed by atoms with Crippen LogP contribution in [0, 0.1) is 0 Å². The number of hydroxylamine groups is 1. The molecule has 0 aromatic heterocycles. The van der Waals surface area contributed by atoms with Crippen molar-refractivity contribution in [2.75, 3.05) is 59.4 Å². The quantitative estimate of drug-likeness (QED) is 0.130. The van der Waals surface area contributed by atoms with Crippen LogP contribution in [0.4, 0.5) is 0 Å². The predicted octanol–water partition coefficient (Wildman–Crippen LogP) is 4.93. The zero-order valence-corrected chi connectivity index (χ0v) is 20.4. The number of nitrogens with two attached hydrogens (primary N) is 1. The summed E-state index contributed by atoms with van der Waals surface area (Å²) in [6.45, 7) is 7.41. The number of hydrogen-bond acceptors (Lipinski definition) is 7. The molecule has 7 nitrogen and oxygen atoms in total. The van der Waals surface area contributed by atoms with Crippen LogP contribution in [0.1, 0.15) is 96.8 Å². The third-order valence-electron chi connectivity index (χ3n) is 5.15. The van der Waals surface area contributed by atoms with Crippen molar-refractivity contribution in [1.82, 2.24) is 5.48 Å². The van der Waals surface area contributed by atoms with E-state index < -0.39 is 0 Å². The first-order valence-corrected chi connectivity index (χ1v) is 12.8. The summed E-state index contributed by atoms with van der Waals surface area (Å²) in [4.78, 5) is 9.77. The Balaban J connectivity index is 2.98. The maximum atomic E-state index is 5.44. The van der Waals surface area contributed by atoms with Gasteiger partial charge in [-0.2, -0.15) is 0 Å². The van der Waals surface area contributed by atoms with Crippen LogP contribution in [-0.4, -0.2) is 59.4 Å². The van der Waals surface area contributed by atoms with Gasteiger partial charge in [-0.05, 0) is 6.42 Å². The average Bonchev–Trinajstić information content (AvgIpc) is 2.78. The maximum Gasteiger partial charge on any atom is 0.0916 e. The van der Waals surface area contributed by atoms with E-state index in [9.17, 15) is 0 Å². The average molecular weight is 449 g/mol. The van der Waals surface area contributed by atoms with Crippen molar-refractivity contribution in [3.8, 4) is 0 Å². The van der Waals surface area contributed by atoms with Gasteiger partial charge in [-0.15, -0.1) is 0 Å². The second kappa shape index (κ2) is 29.7. The topological polar surface area (TPSA) is 84.2 Å². The Labute approximate surface area is 191 Å². The van der Waals surface area contributed by atoms with Crippen LogP contribution in [-0.2, 0) is 23.9 Å². The number of unbranched alkanes of at least 4 members (excludes halogenated alkanes) is 13. The molecule has 7 heteroatoms. The second-order valence-corrected chi connectivity index (χ2v) is 8.05. The number of hydrogen-bond donors (Lipinski definition) is 2. The molecule has 0 atom stereocenters. The predicted molar refractivity (Wildman–Crippen MR) is 127 cm³/mol. The minimum atomic E-state index is 0.399. The number of nitrogens with one attached hydrogen (secondary N) is 1. The molecule has 0 bridgehead atoms. The summed E-state index contributed by atoms with van der Waals surface area (Å²) in [5, 5.41) is 0. The van der Waals surface area contributed by atoms with Crippen LogP contribution in [0.5, 0.6) is 0 Å². The zero-order valence-electron chi connectivity index (χ0n) is 20.4. The fraction of sp³-hybridized carbons (Fsp3) is 1.00. The Morgan fingerprint density at radius 2 is 0.871 bits per heavy atom. The number of rotatable bonds is 28. The van der Waals surface area contributed by atoms with Crippen LogP contribution in [0.2, 0.25) is 0 Å². The van der Waals surface area contributed by atoms with Gasteiger partial charge >= 0.3 is 0 Å². The summed E-state index contributed by atoms with van der Waals surface area (Å²) in [7, 11) is 0. The monoisotopic (exact) mass is 448 g/mol. The van der Waals surface area contributed by atoms with Crippen molar-refractivity contribution in [2.24, 2.45) is 5.90 Å². The first-order valence-electron chi connectivity index (χ1n) is 12.8. The first-order chi connectivity index (χ1) is 15.4. The van der Waals surface area contributed by atoms with Gasteiger partial charge in [0.25, 0.3) is 0 Å². The molecule has 0 aromatic carbocycles. The molecule has 0 saturated heterocycles. The molecule has 0 aromatic rings. The molecular weight excluding hydrogens is 396 g/mol. The molecule has 0 aliphatic rings. The van der Waals surface area contributed by atoms with E-state index in [-0.39, 0.29) is 0 Å². The highest BCUT2D eigenvalue weighted by molar-refractivity contribution is 4.49. The molecule has 188 valence electrons. The lowest BCUT2D eigenvalue weighted by molar-refractivity contribution is -0.0276. The highest BCUT2D eigenvalue weighted by Gasteiger charge is 1.95. The third-order valence-corrected chi connectivity index (χ3v) is 5.15. The minimum absolute atomic E-state index is 0.399. The third kappa shape index (κ3) is 29.7. The van der Waals surface area contributed by atoms with Gasteiger partial charge in [-0.3, -0.25) is 4.84 Å². The van der Waals surface area contributed by atoms with Crippen molar-refractivity contribution in [1.29, 1.82) is 0 Å². The fourth-order valence-corrected chi connectivity index (χ4v) is 3.29. The first kappa shape index (κ1) is 30.7. The molecule has 3 N–H and O–H groups in total. The largest absolute Gasteiger partial charge is 0.377 e. The molecule has 0 fully saturated rings. The van der Waals surface area contributed by atoms with Crippen LogP contribution in [0.25, 0.3) is 0 Å². The van der Waals surface area contributed by atoms with E-state index >= 15 is 0 Å². The van der Waals surface area contributed by atoms with Crippen molar-refractivity contribution in [2.45, 2.75) is 96.8 Å². The van der Waals surface area contributed by atoms with Crippen molar-refractivity contribution in [3.05, 3.63) is 0 Å². The van der Waals surface area contributed by atoms with E-state index in [1.807, 2.05) is 0 Å². The Hall–Kier alpha value is -0.280. The lowest BCUT2D eigenvalue weighted by Crippen LogP contribution is -2.20. The van der Waals surface area contributed by atoms with Gasteiger partial charge < -0.3 is 19.0 Å². The molecule has 0 aliphatic carbocycles. The number of ether oxygens (including phenoxy) is 3. The van der Waals surface area contributed by atoms with Gasteiger partial charge in [0.05, 0.1) is 52.9 Å². The van der Waals surface area contributed by atoms with Gasteiger partial charge in [-0.25, -0.2) is 11.4 Å². The Bertz CT molecular complexity index is 284. The van der Waals surface area contributed by atoms with E-state index in [0.717, 1.165) is 6.54 Å². The van der Waals surface area contributed by atoms with Gasteiger partial charge in [0.15, 0.2) is 0 Å². The van der Waals surface area contributed by atoms with E-state index in [2.05, 4.69) is 17.2 Å². The molecule has 0 radical (unpaired) electrons. The molecule has 0 saturated carbocycles. The molecule has 0 amide bonds. The summed E-state index contributed by atoms with van der Waals surface area (Å²) in [5.41, 5.74) is 3.02. The molecular formula is C24H52N2O5. The van der Waals surface area contributed by atoms with Crippen molar-refractivity contribution >= 4 is 0 Å². The van der Waals surface area contributed by atoms with Crippen molar-refractivity contribution in [3.63, 3.8) is 0 Å². The molecule has 31 heavy (non-hydrogen) atoms.